The van der Waals surface area contributed by atoms with Crippen molar-refractivity contribution in [3.05, 3.63) is 48.6 Å². The molecule has 0 bridgehead atoms. The fourth-order valence-corrected chi connectivity index (χ4v) is 1.94. The molecule has 2 atom stereocenters. The molecule has 0 spiro atoms. The van der Waals surface area contributed by atoms with Gasteiger partial charge in [0, 0.05) is 5.92 Å². The zero-order valence-electron chi connectivity index (χ0n) is 13.6. The topological polar surface area (TPSA) is 46.6 Å². The van der Waals surface area contributed by atoms with E-state index in [0.29, 0.717) is 18.4 Å². The summed E-state index contributed by atoms with van der Waals surface area (Å²) in [5, 5.41) is 1.23. The summed E-state index contributed by atoms with van der Waals surface area (Å²) in [5.41, 5.74) is 0.431. The van der Waals surface area contributed by atoms with E-state index in [1.807, 2.05) is 26.8 Å². The van der Waals surface area contributed by atoms with Gasteiger partial charge in [-0.2, -0.15) is 5.06 Å². The predicted octanol–water partition coefficient (Wildman–Crippen LogP) is 3.99. The first kappa shape index (κ1) is 18.0. The molecule has 0 saturated heterocycles. The van der Waals surface area contributed by atoms with Crippen LogP contribution in [0.3, 0.4) is 0 Å². The van der Waals surface area contributed by atoms with Crippen molar-refractivity contribution in [1.82, 2.24) is 5.06 Å². The normalized spacial score (nSPS) is 13.0. The van der Waals surface area contributed by atoms with E-state index in [1.165, 1.54) is 5.06 Å². The molecule has 1 aromatic carbocycles. The number of hydrogen-bond acceptors (Lipinski definition) is 3. The predicted molar refractivity (Wildman–Crippen MR) is 87.1 cm³/mol. The molecule has 1 amide bonds. The monoisotopic (exact) mass is 303 g/mol. The molecule has 0 saturated carbocycles. The molecule has 1 aromatic rings. The van der Waals surface area contributed by atoms with Gasteiger partial charge in [0.15, 0.2) is 0 Å². The summed E-state index contributed by atoms with van der Waals surface area (Å²) in [5.74, 6) is -0.860. The first-order valence-electron chi connectivity index (χ1n) is 7.72. The Morgan fingerprint density at radius 2 is 1.91 bits per heavy atom. The number of hydroxylamine groups is 2. The van der Waals surface area contributed by atoms with Gasteiger partial charge in [0.2, 0.25) is 0 Å². The van der Waals surface area contributed by atoms with Crippen molar-refractivity contribution in [2.24, 2.45) is 5.92 Å². The Bertz CT molecular complexity index is 498. The fourth-order valence-electron chi connectivity index (χ4n) is 1.94. The molecule has 0 radical (unpaired) electrons. The second-order valence-corrected chi connectivity index (χ2v) is 5.43. The van der Waals surface area contributed by atoms with E-state index in [0.717, 1.165) is 6.42 Å². The molecule has 0 aromatic heterocycles. The second-order valence-electron chi connectivity index (χ2n) is 5.43. The van der Waals surface area contributed by atoms with E-state index in [4.69, 9.17) is 4.84 Å². The lowest BCUT2D eigenvalue weighted by Crippen LogP contribution is -2.43. The third-order valence-corrected chi connectivity index (χ3v) is 3.63. The standard InChI is InChI=1S/C18H25NO3/c1-5-7-11-15(4)19(17(20)14(3)6-2)22-18(21)16-12-9-8-10-13-16/h5,8-10,12-15H,1,6-7,11H2,2-4H3. The molecule has 0 aliphatic rings. The molecule has 0 fully saturated rings. The Morgan fingerprint density at radius 1 is 1.27 bits per heavy atom. The lowest BCUT2D eigenvalue weighted by Gasteiger charge is -2.29. The summed E-state index contributed by atoms with van der Waals surface area (Å²) in [6.45, 7) is 9.34. The van der Waals surface area contributed by atoms with Gasteiger partial charge in [0.25, 0.3) is 5.91 Å². The van der Waals surface area contributed by atoms with E-state index < -0.39 is 5.97 Å². The minimum atomic E-state index is -0.511. The average Bonchev–Trinajstić information content (AvgIpc) is 2.56. The molecular weight excluding hydrogens is 278 g/mol. The summed E-state index contributed by atoms with van der Waals surface area (Å²) in [7, 11) is 0. The smallest absolute Gasteiger partial charge is 0.332 e. The number of benzene rings is 1. The van der Waals surface area contributed by atoms with Crippen LogP contribution in [0.4, 0.5) is 0 Å². The van der Waals surface area contributed by atoms with E-state index >= 15 is 0 Å². The molecule has 0 N–H and O–H groups in total. The lowest BCUT2D eigenvalue weighted by atomic mass is 10.1. The number of nitrogens with zero attached hydrogens (tertiary/aromatic N) is 1. The zero-order chi connectivity index (χ0) is 16.5. The van der Waals surface area contributed by atoms with Crippen molar-refractivity contribution in [2.45, 2.75) is 46.1 Å². The Labute approximate surface area is 132 Å². The van der Waals surface area contributed by atoms with E-state index in [2.05, 4.69) is 6.58 Å². The maximum Gasteiger partial charge on any atom is 0.363 e. The Balaban J connectivity index is 2.87. The molecule has 120 valence electrons. The van der Waals surface area contributed by atoms with Gasteiger partial charge in [0.1, 0.15) is 0 Å². The van der Waals surface area contributed by atoms with Crippen molar-refractivity contribution < 1.29 is 14.4 Å². The maximum atomic E-state index is 12.5. The first-order valence-corrected chi connectivity index (χ1v) is 7.72. The van der Waals surface area contributed by atoms with Gasteiger partial charge >= 0.3 is 5.97 Å². The van der Waals surface area contributed by atoms with Crippen LogP contribution in [0.5, 0.6) is 0 Å². The van der Waals surface area contributed by atoms with Gasteiger partial charge in [-0.1, -0.05) is 38.1 Å². The second kappa shape index (κ2) is 9.03. The van der Waals surface area contributed by atoms with Crippen LogP contribution < -0.4 is 0 Å². The minimum Gasteiger partial charge on any atom is -0.332 e. The molecule has 0 heterocycles. The van der Waals surface area contributed by atoms with E-state index in [9.17, 15) is 9.59 Å². The lowest BCUT2D eigenvalue weighted by molar-refractivity contribution is -0.181. The molecular formula is C18H25NO3. The molecule has 0 aliphatic heterocycles. The van der Waals surface area contributed by atoms with E-state index in [-0.39, 0.29) is 17.9 Å². The van der Waals surface area contributed by atoms with Crippen molar-refractivity contribution >= 4 is 11.9 Å². The number of amides is 1. The van der Waals surface area contributed by atoms with Gasteiger partial charge in [-0.3, -0.25) is 4.79 Å². The fraction of sp³-hybridized carbons (Fsp3) is 0.444. The molecule has 0 aliphatic carbocycles. The van der Waals surface area contributed by atoms with Crippen LogP contribution in [-0.2, 0) is 9.63 Å². The van der Waals surface area contributed by atoms with Crippen molar-refractivity contribution in [3.63, 3.8) is 0 Å². The van der Waals surface area contributed by atoms with Crippen molar-refractivity contribution in [1.29, 1.82) is 0 Å². The summed E-state index contributed by atoms with van der Waals surface area (Å²) < 4.78 is 0. The van der Waals surface area contributed by atoms with Crippen LogP contribution in [0, 0.1) is 5.92 Å². The molecule has 4 heteroatoms. The highest BCUT2D eigenvalue weighted by Gasteiger charge is 2.28. The third kappa shape index (κ3) is 5.02. The van der Waals surface area contributed by atoms with Crippen LogP contribution in [0.15, 0.2) is 43.0 Å². The Morgan fingerprint density at radius 3 is 2.45 bits per heavy atom. The van der Waals surface area contributed by atoms with Crippen LogP contribution in [0.1, 0.15) is 50.4 Å². The largest absolute Gasteiger partial charge is 0.363 e. The van der Waals surface area contributed by atoms with Crippen molar-refractivity contribution in [3.8, 4) is 0 Å². The number of allylic oxidation sites excluding steroid dienone is 1. The first-order chi connectivity index (χ1) is 10.5. The number of rotatable bonds is 7. The highest BCUT2D eigenvalue weighted by Crippen LogP contribution is 2.16. The van der Waals surface area contributed by atoms with Gasteiger partial charge in [-0.05, 0) is 38.3 Å². The highest BCUT2D eigenvalue weighted by atomic mass is 16.7. The highest BCUT2D eigenvalue weighted by molar-refractivity contribution is 5.90. The van der Waals surface area contributed by atoms with Crippen LogP contribution in [-0.4, -0.2) is 23.0 Å². The Hall–Kier alpha value is -2.10. The summed E-state index contributed by atoms with van der Waals surface area (Å²) in [6, 6.07) is 8.50. The van der Waals surface area contributed by atoms with Crippen molar-refractivity contribution in [2.75, 3.05) is 0 Å². The van der Waals surface area contributed by atoms with Crippen LogP contribution in [0.2, 0.25) is 0 Å². The number of hydrogen-bond donors (Lipinski definition) is 0. The van der Waals surface area contributed by atoms with Gasteiger partial charge in [0.05, 0.1) is 11.6 Å². The zero-order valence-corrected chi connectivity index (χ0v) is 13.6. The quantitative estimate of drug-likeness (QED) is 0.565. The molecule has 22 heavy (non-hydrogen) atoms. The molecule has 2 unspecified atom stereocenters. The number of carbonyl (C=O) groups excluding carboxylic acids is 2. The average molecular weight is 303 g/mol. The van der Waals surface area contributed by atoms with Crippen LogP contribution in [0.25, 0.3) is 0 Å². The SMILES string of the molecule is C=CCCC(C)N(OC(=O)c1ccccc1)C(=O)C(C)CC. The third-order valence-electron chi connectivity index (χ3n) is 3.63. The summed E-state index contributed by atoms with van der Waals surface area (Å²) in [4.78, 5) is 30.1. The number of carbonyl (C=O) groups is 2. The van der Waals surface area contributed by atoms with E-state index in [1.54, 1.807) is 30.3 Å². The van der Waals surface area contributed by atoms with Gasteiger partial charge < -0.3 is 4.84 Å². The maximum absolute atomic E-state index is 12.5. The Kier molecular flexibility index (Phi) is 7.37. The molecule has 4 nitrogen and oxygen atoms in total. The van der Waals surface area contributed by atoms with Gasteiger partial charge in [-0.25, -0.2) is 4.79 Å². The molecule has 1 rings (SSSR count). The summed E-state index contributed by atoms with van der Waals surface area (Å²) >= 11 is 0. The van der Waals surface area contributed by atoms with Gasteiger partial charge in [-0.15, -0.1) is 6.58 Å². The summed E-state index contributed by atoms with van der Waals surface area (Å²) in [6.07, 6.45) is 3.95. The minimum absolute atomic E-state index is 0.164. The van der Waals surface area contributed by atoms with Crippen LogP contribution >= 0.6 is 0 Å².